The Morgan fingerprint density at radius 3 is 2.81 bits per heavy atom. The normalized spacial score (nSPS) is 20.2. The zero-order chi connectivity index (χ0) is 22.5. The Bertz CT molecular complexity index is 1190. The maximum atomic E-state index is 14.5. The van der Waals surface area contributed by atoms with Crippen LogP contribution in [-0.2, 0) is 7.05 Å². The third-order valence-electron chi connectivity index (χ3n) is 6.36. The highest BCUT2D eigenvalue weighted by Gasteiger charge is 2.49. The number of anilines is 2. The molecule has 1 amide bonds. The Hall–Kier alpha value is -2.31. The minimum absolute atomic E-state index is 0.00235. The van der Waals surface area contributed by atoms with Crippen molar-refractivity contribution in [3.05, 3.63) is 45.3 Å². The molecule has 10 heteroatoms. The number of fused-ring (bicyclic) bond motifs is 1. The molecule has 2 aliphatic heterocycles. The summed E-state index contributed by atoms with van der Waals surface area (Å²) in [6.07, 6.45) is 3.09. The average molecular weight is 550 g/mol. The fraction of sp³-hybridized carbons (Fsp3) is 0.409. The van der Waals surface area contributed by atoms with Crippen LogP contribution in [0.1, 0.15) is 29.6 Å². The van der Waals surface area contributed by atoms with E-state index in [0.717, 1.165) is 29.4 Å². The summed E-state index contributed by atoms with van der Waals surface area (Å²) in [7, 11) is 1.76. The number of benzene rings is 2. The number of halogens is 2. The number of hydrogen-bond acceptors (Lipinski definition) is 6. The third kappa shape index (κ3) is 3.84. The topological polar surface area (TPSA) is 95.3 Å². The smallest absolute Gasteiger partial charge is 0.256 e. The number of carbonyl (C=O) groups is 1. The van der Waals surface area contributed by atoms with Gasteiger partial charge in [-0.3, -0.25) is 4.79 Å². The number of aliphatic hydroxyl groups is 1. The summed E-state index contributed by atoms with van der Waals surface area (Å²) in [5, 5.41) is 25.6. The molecule has 5 rings (SSSR count). The summed E-state index contributed by atoms with van der Waals surface area (Å²) in [6.45, 7) is 1.42. The molecule has 2 saturated heterocycles. The molecule has 0 saturated carbocycles. The second-order valence-electron chi connectivity index (χ2n) is 8.62. The third-order valence-corrected chi connectivity index (χ3v) is 7.03. The maximum Gasteiger partial charge on any atom is 0.256 e. The van der Waals surface area contributed by atoms with Gasteiger partial charge in [0.25, 0.3) is 5.91 Å². The number of rotatable bonds is 4. The van der Waals surface area contributed by atoms with E-state index < -0.39 is 11.4 Å². The minimum Gasteiger partial charge on any atom is -0.385 e. The monoisotopic (exact) mass is 550 g/mol. The minimum atomic E-state index is -0.913. The van der Waals surface area contributed by atoms with Gasteiger partial charge >= 0.3 is 0 Å². The van der Waals surface area contributed by atoms with E-state index in [1.165, 1.54) is 6.07 Å². The Labute approximate surface area is 198 Å². The molecule has 0 aliphatic carbocycles. The van der Waals surface area contributed by atoms with Crippen LogP contribution in [0.25, 0.3) is 11.0 Å². The van der Waals surface area contributed by atoms with Gasteiger partial charge in [0.05, 0.1) is 35.5 Å². The number of aromatic nitrogens is 3. The molecule has 2 aromatic carbocycles. The molecule has 8 nitrogen and oxygen atoms in total. The van der Waals surface area contributed by atoms with Gasteiger partial charge < -0.3 is 20.6 Å². The predicted molar refractivity (Wildman–Crippen MR) is 127 cm³/mol. The number of nitrogens with zero attached hydrogens (tertiary/aromatic N) is 4. The van der Waals surface area contributed by atoms with Crippen LogP contribution < -0.4 is 10.6 Å². The number of nitrogens with one attached hydrogen (secondary N) is 2. The maximum absolute atomic E-state index is 14.5. The fourth-order valence-corrected chi connectivity index (χ4v) is 5.01. The lowest BCUT2D eigenvalue weighted by molar-refractivity contribution is -0.108. The standard InChI is InChI=1S/C22H24FIN6O2/c1-29-19-9-14(21(31)30-11-22(32,12-30)20-4-2-3-7-25-20)17(10-18(19)27-28-29)26-16-6-5-13(24)8-15(16)23/h5-6,8-10,20,25-26,32H,2-4,7,11-12H2,1H3/t20-/m0/s1. The van der Waals surface area contributed by atoms with Crippen molar-refractivity contribution < 1.29 is 14.3 Å². The largest absolute Gasteiger partial charge is 0.385 e. The highest BCUT2D eigenvalue weighted by atomic mass is 127. The van der Waals surface area contributed by atoms with Crippen molar-refractivity contribution in [1.82, 2.24) is 25.2 Å². The van der Waals surface area contributed by atoms with Crippen molar-refractivity contribution in [2.75, 3.05) is 25.0 Å². The van der Waals surface area contributed by atoms with Crippen LogP contribution >= 0.6 is 22.6 Å². The van der Waals surface area contributed by atoms with E-state index in [1.54, 1.807) is 40.9 Å². The van der Waals surface area contributed by atoms with Crippen molar-refractivity contribution in [2.24, 2.45) is 7.05 Å². The van der Waals surface area contributed by atoms with E-state index in [0.29, 0.717) is 22.3 Å². The first-order valence-electron chi connectivity index (χ1n) is 10.6. The number of carbonyl (C=O) groups excluding carboxylic acids is 1. The number of aryl methyl sites for hydroxylation is 1. The van der Waals surface area contributed by atoms with Gasteiger partial charge in [0.15, 0.2) is 0 Å². The van der Waals surface area contributed by atoms with Crippen molar-refractivity contribution >= 4 is 50.9 Å². The van der Waals surface area contributed by atoms with E-state index in [-0.39, 0.29) is 30.7 Å². The Morgan fingerprint density at radius 2 is 2.09 bits per heavy atom. The van der Waals surface area contributed by atoms with Gasteiger partial charge in [0.2, 0.25) is 0 Å². The first kappa shape index (κ1) is 21.5. The van der Waals surface area contributed by atoms with E-state index in [2.05, 4.69) is 20.9 Å². The van der Waals surface area contributed by atoms with Gasteiger partial charge in [-0.05, 0) is 72.3 Å². The van der Waals surface area contributed by atoms with Gasteiger partial charge in [-0.15, -0.1) is 5.10 Å². The van der Waals surface area contributed by atoms with Crippen LogP contribution in [0.5, 0.6) is 0 Å². The van der Waals surface area contributed by atoms with E-state index in [9.17, 15) is 14.3 Å². The molecule has 1 aromatic heterocycles. The number of hydrogen-bond donors (Lipinski definition) is 3. The van der Waals surface area contributed by atoms with Crippen LogP contribution in [0, 0.1) is 9.39 Å². The molecule has 3 aromatic rings. The van der Waals surface area contributed by atoms with Crippen LogP contribution in [0.2, 0.25) is 0 Å². The zero-order valence-electron chi connectivity index (χ0n) is 17.6. The number of piperidine rings is 1. The average Bonchev–Trinajstić information content (AvgIpc) is 3.12. The first-order chi connectivity index (χ1) is 15.3. The van der Waals surface area contributed by atoms with Crippen LogP contribution in [0.4, 0.5) is 15.8 Å². The van der Waals surface area contributed by atoms with Crippen LogP contribution in [0.15, 0.2) is 30.3 Å². The summed E-state index contributed by atoms with van der Waals surface area (Å²) >= 11 is 2.05. The van der Waals surface area contributed by atoms with Crippen molar-refractivity contribution in [2.45, 2.75) is 30.9 Å². The summed E-state index contributed by atoms with van der Waals surface area (Å²) in [6, 6.07) is 8.30. The van der Waals surface area contributed by atoms with Crippen molar-refractivity contribution in [3.8, 4) is 0 Å². The molecule has 32 heavy (non-hydrogen) atoms. The molecule has 1 atom stereocenters. The molecule has 3 heterocycles. The molecular formula is C22H24FIN6O2. The molecular weight excluding hydrogens is 526 g/mol. The SMILES string of the molecule is Cn1nnc2cc(Nc3ccc(I)cc3F)c(C(=O)N3CC(O)([C@@H]4CCCCN4)C3)cc21. The highest BCUT2D eigenvalue weighted by Crippen LogP contribution is 2.34. The molecule has 168 valence electrons. The lowest BCUT2D eigenvalue weighted by atomic mass is 9.81. The second-order valence-corrected chi connectivity index (χ2v) is 9.86. The number of likely N-dealkylation sites (tertiary alicyclic amines) is 1. The molecule has 0 bridgehead atoms. The Kier molecular flexibility index (Phi) is 5.54. The summed E-state index contributed by atoms with van der Waals surface area (Å²) in [4.78, 5) is 15.1. The molecule has 0 unspecified atom stereocenters. The summed E-state index contributed by atoms with van der Waals surface area (Å²) < 4.78 is 16.9. The number of amides is 1. The molecule has 0 spiro atoms. The first-order valence-corrected chi connectivity index (χ1v) is 11.7. The quantitative estimate of drug-likeness (QED) is 0.433. The van der Waals surface area contributed by atoms with Gasteiger partial charge in [-0.1, -0.05) is 11.6 Å². The Morgan fingerprint density at radius 1 is 1.28 bits per heavy atom. The lowest BCUT2D eigenvalue weighted by Gasteiger charge is -2.51. The molecule has 0 radical (unpaired) electrons. The summed E-state index contributed by atoms with van der Waals surface area (Å²) in [5.41, 5.74) is 1.50. The van der Waals surface area contributed by atoms with Crippen LogP contribution in [0.3, 0.4) is 0 Å². The number of β-amino-alcohol motifs (C(OH)–C–C–N with tert-alkyl or cyclic N) is 1. The van der Waals surface area contributed by atoms with Gasteiger partial charge in [-0.25, -0.2) is 9.07 Å². The van der Waals surface area contributed by atoms with Gasteiger partial charge in [0, 0.05) is 16.7 Å². The zero-order valence-corrected chi connectivity index (χ0v) is 19.8. The molecule has 3 N–H and O–H groups in total. The van der Waals surface area contributed by atoms with Crippen LogP contribution in [-0.4, -0.2) is 62.2 Å². The van der Waals surface area contributed by atoms with Crippen molar-refractivity contribution in [3.63, 3.8) is 0 Å². The lowest BCUT2D eigenvalue weighted by Crippen LogP contribution is -2.72. The van der Waals surface area contributed by atoms with Crippen molar-refractivity contribution in [1.29, 1.82) is 0 Å². The van der Waals surface area contributed by atoms with E-state index in [4.69, 9.17) is 0 Å². The van der Waals surface area contributed by atoms with Gasteiger partial charge in [0.1, 0.15) is 16.9 Å². The molecule has 2 aliphatic rings. The van der Waals surface area contributed by atoms with E-state index in [1.807, 2.05) is 22.6 Å². The highest BCUT2D eigenvalue weighted by molar-refractivity contribution is 14.1. The molecule has 2 fully saturated rings. The summed E-state index contributed by atoms with van der Waals surface area (Å²) in [5.74, 6) is -0.627. The predicted octanol–water partition coefficient (Wildman–Crippen LogP) is 2.78. The second kappa shape index (κ2) is 8.23. The Balaban J connectivity index is 1.45. The fourth-order valence-electron chi connectivity index (χ4n) is 4.56. The van der Waals surface area contributed by atoms with Gasteiger partial charge in [-0.2, -0.15) is 0 Å². The van der Waals surface area contributed by atoms with E-state index >= 15 is 0 Å².